The highest BCUT2D eigenvalue weighted by molar-refractivity contribution is 9.10. The van der Waals surface area contributed by atoms with E-state index in [0.29, 0.717) is 6.61 Å². The van der Waals surface area contributed by atoms with Crippen LogP contribution in [0.5, 0.6) is 5.75 Å². The molecule has 0 bridgehead atoms. The third kappa shape index (κ3) is 4.63. The summed E-state index contributed by atoms with van der Waals surface area (Å²) in [7, 11) is 0. The molecule has 0 unspecified atom stereocenters. The summed E-state index contributed by atoms with van der Waals surface area (Å²) in [5.41, 5.74) is 3.96. The van der Waals surface area contributed by atoms with Gasteiger partial charge in [-0.1, -0.05) is 62.4 Å². The Morgan fingerprint density at radius 2 is 1.67 bits per heavy atom. The zero-order chi connectivity index (χ0) is 16.8. The van der Waals surface area contributed by atoms with Gasteiger partial charge in [-0.2, -0.15) is 0 Å². The minimum absolute atomic E-state index is 0.688. The van der Waals surface area contributed by atoms with Crippen molar-refractivity contribution in [1.82, 2.24) is 0 Å². The van der Waals surface area contributed by atoms with Gasteiger partial charge in [0.25, 0.3) is 0 Å². The lowest BCUT2D eigenvalue weighted by atomic mass is 9.85. The highest BCUT2D eigenvalue weighted by Crippen LogP contribution is 2.31. The highest BCUT2D eigenvalue weighted by atomic mass is 79.9. The van der Waals surface area contributed by atoms with Gasteiger partial charge in [0, 0.05) is 0 Å². The van der Waals surface area contributed by atoms with Crippen LogP contribution >= 0.6 is 15.9 Å². The fourth-order valence-corrected chi connectivity index (χ4v) is 4.16. The maximum absolute atomic E-state index is 5.59. The van der Waals surface area contributed by atoms with Gasteiger partial charge in [-0.15, -0.1) is 0 Å². The topological polar surface area (TPSA) is 9.23 Å². The molecule has 0 amide bonds. The molecule has 1 aliphatic rings. The van der Waals surface area contributed by atoms with Gasteiger partial charge in [0.05, 0.1) is 11.1 Å². The van der Waals surface area contributed by atoms with Crippen LogP contribution < -0.4 is 4.74 Å². The third-order valence-corrected chi connectivity index (χ3v) is 5.70. The van der Waals surface area contributed by atoms with Crippen molar-refractivity contribution in [2.45, 2.75) is 51.9 Å². The van der Waals surface area contributed by atoms with Crippen molar-refractivity contribution < 1.29 is 4.74 Å². The van der Waals surface area contributed by atoms with Gasteiger partial charge >= 0.3 is 0 Å². The van der Waals surface area contributed by atoms with Crippen LogP contribution in [0.2, 0.25) is 0 Å². The number of rotatable bonds is 6. The molecule has 1 nitrogen and oxygen atoms in total. The van der Waals surface area contributed by atoms with Gasteiger partial charge < -0.3 is 4.74 Å². The molecule has 2 aromatic rings. The Hall–Kier alpha value is -1.28. The van der Waals surface area contributed by atoms with E-state index in [1.54, 1.807) is 0 Å². The number of benzene rings is 2. The Bertz CT molecular complexity index is 642. The molecular weight excluding hydrogens is 360 g/mol. The molecule has 2 aromatic carbocycles. The van der Waals surface area contributed by atoms with E-state index in [1.807, 2.05) is 13.0 Å². The fraction of sp³-hybridized carbons (Fsp3) is 0.455. The molecule has 0 N–H and O–H groups in total. The molecule has 2 heteroatoms. The van der Waals surface area contributed by atoms with E-state index in [0.717, 1.165) is 16.1 Å². The molecule has 0 aliphatic heterocycles. The SMILES string of the molecule is CCOc1ccc(-c2ccc(CCC3CCCCC3)cc2)cc1Br. The van der Waals surface area contributed by atoms with Crippen LogP contribution in [0.15, 0.2) is 46.9 Å². The van der Waals surface area contributed by atoms with E-state index in [2.05, 4.69) is 52.3 Å². The second kappa shape index (κ2) is 8.71. The predicted molar refractivity (Wildman–Crippen MR) is 106 cm³/mol. The van der Waals surface area contributed by atoms with Gasteiger partial charge in [0.2, 0.25) is 0 Å². The lowest BCUT2D eigenvalue weighted by Gasteiger charge is -2.21. The molecule has 1 saturated carbocycles. The fourth-order valence-electron chi connectivity index (χ4n) is 3.66. The van der Waals surface area contributed by atoms with E-state index in [1.165, 1.54) is 61.6 Å². The first-order chi connectivity index (χ1) is 11.8. The maximum atomic E-state index is 5.59. The summed E-state index contributed by atoms with van der Waals surface area (Å²) in [4.78, 5) is 0. The molecule has 0 spiro atoms. The van der Waals surface area contributed by atoms with E-state index in [9.17, 15) is 0 Å². The first-order valence-electron chi connectivity index (χ1n) is 9.28. The lowest BCUT2D eigenvalue weighted by molar-refractivity contribution is 0.338. The highest BCUT2D eigenvalue weighted by Gasteiger charge is 2.13. The van der Waals surface area contributed by atoms with Crippen molar-refractivity contribution in [3.8, 4) is 16.9 Å². The van der Waals surface area contributed by atoms with Crippen molar-refractivity contribution in [3.05, 3.63) is 52.5 Å². The maximum Gasteiger partial charge on any atom is 0.133 e. The monoisotopic (exact) mass is 386 g/mol. The van der Waals surface area contributed by atoms with Gasteiger partial charge in [0.1, 0.15) is 5.75 Å². The quantitative estimate of drug-likeness (QED) is 0.517. The van der Waals surface area contributed by atoms with Crippen LogP contribution in [0.1, 0.15) is 51.0 Å². The number of aryl methyl sites for hydroxylation is 1. The second-order valence-electron chi connectivity index (χ2n) is 6.82. The van der Waals surface area contributed by atoms with Crippen LogP contribution in [0.4, 0.5) is 0 Å². The number of hydrogen-bond acceptors (Lipinski definition) is 1. The largest absolute Gasteiger partial charge is 0.493 e. The van der Waals surface area contributed by atoms with Crippen LogP contribution in [-0.4, -0.2) is 6.61 Å². The molecule has 0 heterocycles. The molecule has 1 fully saturated rings. The normalized spacial score (nSPS) is 15.4. The zero-order valence-electron chi connectivity index (χ0n) is 14.6. The van der Waals surface area contributed by atoms with Crippen LogP contribution in [-0.2, 0) is 6.42 Å². The molecule has 1 aliphatic carbocycles. The van der Waals surface area contributed by atoms with E-state index in [-0.39, 0.29) is 0 Å². The van der Waals surface area contributed by atoms with Crippen LogP contribution in [0, 0.1) is 5.92 Å². The summed E-state index contributed by atoms with van der Waals surface area (Å²) in [6.45, 7) is 2.69. The molecule has 0 aromatic heterocycles. The summed E-state index contributed by atoms with van der Waals surface area (Å²) in [5.74, 6) is 1.87. The Morgan fingerprint density at radius 3 is 2.33 bits per heavy atom. The van der Waals surface area contributed by atoms with Crippen LogP contribution in [0.3, 0.4) is 0 Å². The minimum Gasteiger partial charge on any atom is -0.493 e. The lowest BCUT2D eigenvalue weighted by Crippen LogP contribution is -2.07. The van der Waals surface area contributed by atoms with Gasteiger partial charge in [0.15, 0.2) is 0 Å². The number of hydrogen-bond donors (Lipinski definition) is 0. The predicted octanol–water partition coefficient (Wildman–Crippen LogP) is 7.03. The van der Waals surface area contributed by atoms with Crippen molar-refractivity contribution in [1.29, 1.82) is 0 Å². The molecule has 24 heavy (non-hydrogen) atoms. The molecule has 3 rings (SSSR count). The van der Waals surface area contributed by atoms with Crippen molar-refractivity contribution in [2.24, 2.45) is 5.92 Å². The average Bonchev–Trinajstić information content (AvgIpc) is 2.63. The molecule has 0 atom stereocenters. The first-order valence-corrected chi connectivity index (χ1v) is 10.1. The second-order valence-corrected chi connectivity index (χ2v) is 7.67. The van der Waals surface area contributed by atoms with Crippen molar-refractivity contribution in [2.75, 3.05) is 6.61 Å². The van der Waals surface area contributed by atoms with Gasteiger partial charge in [-0.25, -0.2) is 0 Å². The Labute approximate surface area is 154 Å². The number of ether oxygens (including phenoxy) is 1. The van der Waals surface area contributed by atoms with Crippen molar-refractivity contribution in [3.63, 3.8) is 0 Å². The van der Waals surface area contributed by atoms with E-state index < -0.39 is 0 Å². The standard InChI is InChI=1S/C22H27BrO/c1-2-24-22-15-14-20(16-21(22)23)19-12-10-18(11-13-19)9-8-17-6-4-3-5-7-17/h10-17H,2-9H2,1H3. The Morgan fingerprint density at radius 1 is 0.958 bits per heavy atom. The van der Waals surface area contributed by atoms with E-state index >= 15 is 0 Å². The first kappa shape index (κ1) is 17.5. The van der Waals surface area contributed by atoms with E-state index in [4.69, 9.17) is 4.74 Å². The Balaban J connectivity index is 1.62. The third-order valence-electron chi connectivity index (χ3n) is 5.08. The van der Waals surface area contributed by atoms with Crippen LogP contribution in [0.25, 0.3) is 11.1 Å². The summed E-state index contributed by atoms with van der Waals surface area (Å²) in [6.07, 6.45) is 9.79. The Kier molecular flexibility index (Phi) is 6.37. The average molecular weight is 387 g/mol. The summed E-state index contributed by atoms with van der Waals surface area (Å²) >= 11 is 3.60. The van der Waals surface area contributed by atoms with Crippen molar-refractivity contribution >= 4 is 15.9 Å². The smallest absolute Gasteiger partial charge is 0.133 e. The van der Waals surface area contributed by atoms with Gasteiger partial charge in [-0.3, -0.25) is 0 Å². The summed E-state index contributed by atoms with van der Waals surface area (Å²) in [6, 6.07) is 15.4. The molecule has 128 valence electrons. The summed E-state index contributed by atoms with van der Waals surface area (Å²) in [5, 5.41) is 0. The molecule has 0 saturated heterocycles. The molecular formula is C22H27BrO. The summed E-state index contributed by atoms with van der Waals surface area (Å²) < 4.78 is 6.61. The minimum atomic E-state index is 0.688. The number of halogens is 1. The zero-order valence-corrected chi connectivity index (χ0v) is 16.1. The van der Waals surface area contributed by atoms with Gasteiger partial charge in [-0.05, 0) is 70.4 Å². The molecule has 0 radical (unpaired) electrons.